The minimum atomic E-state index is -0.394. The van der Waals surface area contributed by atoms with Crippen LogP contribution in [-0.4, -0.2) is 17.8 Å². The minimum absolute atomic E-state index is 0.146. The Morgan fingerprint density at radius 3 is 2.71 bits per heavy atom. The maximum atomic E-state index is 13.2. The lowest BCUT2D eigenvalue weighted by Crippen LogP contribution is -2.34. The summed E-state index contributed by atoms with van der Waals surface area (Å²) >= 11 is 5.87. The molecule has 1 rings (SSSR count). The fourth-order valence-electron chi connectivity index (χ4n) is 1.74. The van der Waals surface area contributed by atoms with Crippen molar-refractivity contribution in [3.8, 4) is 0 Å². The van der Waals surface area contributed by atoms with E-state index in [1.807, 2.05) is 0 Å². The lowest BCUT2D eigenvalue weighted by molar-refractivity contribution is 0.244. The highest BCUT2D eigenvalue weighted by atomic mass is 35.5. The van der Waals surface area contributed by atoms with E-state index in [1.165, 1.54) is 6.07 Å². The van der Waals surface area contributed by atoms with Crippen molar-refractivity contribution >= 4 is 11.6 Å². The van der Waals surface area contributed by atoms with E-state index < -0.39 is 5.82 Å². The summed E-state index contributed by atoms with van der Waals surface area (Å²) in [6.45, 7) is 4.83. The molecule has 0 saturated carbocycles. The van der Waals surface area contributed by atoms with Crippen molar-refractivity contribution in [1.82, 2.24) is 5.32 Å². The molecule has 0 radical (unpaired) electrons. The van der Waals surface area contributed by atoms with Crippen molar-refractivity contribution in [1.29, 1.82) is 0 Å². The van der Waals surface area contributed by atoms with Gasteiger partial charge in [0.15, 0.2) is 0 Å². The second-order valence-corrected chi connectivity index (χ2v) is 4.83. The summed E-state index contributed by atoms with van der Waals surface area (Å²) in [4.78, 5) is 0. The monoisotopic (exact) mass is 259 g/mol. The maximum absolute atomic E-state index is 13.2. The SMILES string of the molecule is CC(C)C(CCO)NCc1cccc(F)c1Cl. The van der Waals surface area contributed by atoms with E-state index in [-0.39, 0.29) is 17.7 Å². The van der Waals surface area contributed by atoms with Gasteiger partial charge >= 0.3 is 0 Å². The van der Waals surface area contributed by atoms with Gasteiger partial charge in [-0.2, -0.15) is 0 Å². The van der Waals surface area contributed by atoms with E-state index in [0.717, 1.165) is 5.56 Å². The van der Waals surface area contributed by atoms with Crippen molar-refractivity contribution < 1.29 is 9.50 Å². The fourth-order valence-corrected chi connectivity index (χ4v) is 1.93. The van der Waals surface area contributed by atoms with Gasteiger partial charge in [0.05, 0.1) is 5.02 Å². The molecule has 0 spiro atoms. The Bertz CT molecular complexity index is 357. The van der Waals surface area contributed by atoms with Gasteiger partial charge in [-0.15, -0.1) is 0 Å². The van der Waals surface area contributed by atoms with Crippen LogP contribution in [0.2, 0.25) is 5.02 Å². The highest BCUT2D eigenvalue weighted by Crippen LogP contribution is 2.20. The van der Waals surface area contributed by atoms with Gasteiger partial charge < -0.3 is 10.4 Å². The van der Waals surface area contributed by atoms with Crippen LogP contribution in [0.1, 0.15) is 25.8 Å². The van der Waals surface area contributed by atoms with E-state index in [4.69, 9.17) is 16.7 Å². The van der Waals surface area contributed by atoms with Crippen molar-refractivity contribution in [3.63, 3.8) is 0 Å². The van der Waals surface area contributed by atoms with Crippen LogP contribution in [0.25, 0.3) is 0 Å². The Labute approximate surface area is 107 Å². The molecule has 4 heteroatoms. The molecule has 17 heavy (non-hydrogen) atoms. The predicted octanol–water partition coefficient (Wildman–Crippen LogP) is 2.98. The van der Waals surface area contributed by atoms with Gasteiger partial charge in [0.2, 0.25) is 0 Å². The average molecular weight is 260 g/mol. The third kappa shape index (κ3) is 4.26. The molecule has 2 N–H and O–H groups in total. The third-order valence-corrected chi connectivity index (χ3v) is 3.25. The first kappa shape index (κ1) is 14.4. The van der Waals surface area contributed by atoms with Crippen LogP contribution in [-0.2, 0) is 6.54 Å². The van der Waals surface area contributed by atoms with Crippen LogP contribution < -0.4 is 5.32 Å². The van der Waals surface area contributed by atoms with E-state index in [2.05, 4.69) is 19.2 Å². The number of halogens is 2. The zero-order chi connectivity index (χ0) is 12.8. The highest BCUT2D eigenvalue weighted by molar-refractivity contribution is 6.31. The Kier molecular flexibility index (Phi) is 5.89. The second-order valence-electron chi connectivity index (χ2n) is 4.46. The van der Waals surface area contributed by atoms with Crippen molar-refractivity contribution in [3.05, 3.63) is 34.6 Å². The molecule has 0 fully saturated rings. The largest absolute Gasteiger partial charge is 0.396 e. The standard InChI is InChI=1S/C13H19ClFNO/c1-9(2)12(6-7-17)16-8-10-4-3-5-11(15)13(10)14/h3-5,9,12,16-17H,6-8H2,1-2H3. The van der Waals surface area contributed by atoms with Crippen LogP contribution >= 0.6 is 11.6 Å². The zero-order valence-electron chi connectivity index (χ0n) is 10.2. The van der Waals surface area contributed by atoms with E-state index in [1.54, 1.807) is 12.1 Å². The molecule has 96 valence electrons. The van der Waals surface area contributed by atoms with E-state index in [0.29, 0.717) is 18.9 Å². The normalized spacial score (nSPS) is 13.1. The number of benzene rings is 1. The lowest BCUT2D eigenvalue weighted by atomic mass is 10.0. The fraction of sp³-hybridized carbons (Fsp3) is 0.538. The molecular formula is C13H19ClFNO. The molecule has 0 saturated heterocycles. The quantitative estimate of drug-likeness (QED) is 0.823. The smallest absolute Gasteiger partial charge is 0.142 e. The molecule has 2 nitrogen and oxygen atoms in total. The summed E-state index contributed by atoms with van der Waals surface area (Å²) in [7, 11) is 0. The third-order valence-electron chi connectivity index (χ3n) is 2.83. The summed E-state index contributed by atoms with van der Waals surface area (Å²) in [5.74, 6) is 0.0173. The topological polar surface area (TPSA) is 32.3 Å². The first-order chi connectivity index (χ1) is 8.06. The number of aliphatic hydroxyl groups excluding tert-OH is 1. The molecule has 0 aliphatic rings. The maximum Gasteiger partial charge on any atom is 0.142 e. The van der Waals surface area contributed by atoms with Crippen molar-refractivity contribution in [2.45, 2.75) is 32.9 Å². The van der Waals surface area contributed by atoms with Crippen LogP contribution in [0.3, 0.4) is 0 Å². The highest BCUT2D eigenvalue weighted by Gasteiger charge is 2.13. The van der Waals surface area contributed by atoms with Crippen LogP contribution in [0, 0.1) is 11.7 Å². The van der Waals surface area contributed by atoms with E-state index in [9.17, 15) is 4.39 Å². The minimum Gasteiger partial charge on any atom is -0.396 e. The summed E-state index contributed by atoms with van der Waals surface area (Å²) in [5.41, 5.74) is 0.746. The number of hydrogen-bond donors (Lipinski definition) is 2. The molecule has 0 bridgehead atoms. The summed E-state index contributed by atoms with van der Waals surface area (Å²) < 4.78 is 13.2. The molecule has 0 aromatic heterocycles. The van der Waals surface area contributed by atoms with Gasteiger partial charge in [-0.1, -0.05) is 37.6 Å². The zero-order valence-corrected chi connectivity index (χ0v) is 11.0. The molecule has 1 unspecified atom stereocenters. The van der Waals surface area contributed by atoms with Gasteiger partial charge in [-0.05, 0) is 24.0 Å². The van der Waals surface area contributed by atoms with Gasteiger partial charge in [-0.3, -0.25) is 0 Å². The molecule has 0 amide bonds. The molecule has 1 aromatic rings. The number of nitrogens with one attached hydrogen (secondary N) is 1. The summed E-state index contributed by atoms with van der Waals surface area (Å²) in [6.07, 6.45) is 0.685. The van der Waals surface area contributed by atoms with Gasteiger partial charge in [0.1, 0.15) is 5.82 Å². The first-order valence-corrected chi connectivity index (χ1v) is 6.21. The number of rotatable bonds is 6. The number of aliphatic hydroxyl groups is 1. The molecule has 0 aliphatic heterocycles. The Morgan fingerprint density at radius 2 is 2.12 bits per heavy atom. The molecule has 0 heterocycles. The first-order valence-electron chi connectivity index (χ1n) is 5.83. The predicted molar refractivity (Wildman–Crippen MR) is 68.6 cm³/mol. The second kappa shape index (κ2) is 6.94. The summed E-state index contributed by atoms with van der Waals surface area (Å²) in [5, 5.41) is 12.4. The van der Waals surface area contributed by atoms with Crippen LogP contribution in [0.15, 0.2) is 18.2 Å². The van der Waals surface area contributed by atoms with Crippen LogP contribution in [0.5, 0.6) is 0 Å². The Balaban J connectivity index is 2.62. The van der Waals surface area contributed by atoms with Gasteiger partial charge in [0, 0.05) is 19.2 Å². The summed E-state index contributed by atoms with van der Waals surface area (Å²) in [6, 6.07) is 5.00. The lowest BCUT2D eigenvalue weighted by Gasteiger charge is -2.22. The van der Waals surface area contributed by atoms with Crippen molar-refractivity contribution in [2.75, 3.05) is 6.61 Å². The van der Waals surface area contributed by atoms with E-state index >= 15 is 0 Å². The molecule has 1 atom stereocenters. The van der Waals surface area contributed by atoms with Crippen LogP contribution in [0.4, 0.5) is 4.39 Å². The Morgan fingerprint density at radius 1 is 1.41 bits per heavy atom. The Hall–Kier alpha value is -0.640. The number of hydrogen-bond acceptors (Lipinski definition) is 2. The van der Waals surface area contributed by atoms with Gasteiger partial charge in [0.25, 0.3) is 0 Å². The average Bonchev–Trinajstić information content (AvgIpc) is 2.29. The molecule has 0 aliphatic carbocycles. The molecular weight excluding hydrogens is 241 g/mol. The molecule has 1 aromatic carbocycles. The van der Waals surface area contributed by atoms with Crippen molar-refractivity contribution in [2.24, 2.45) is 5.92 Å². The van der Waals surface area contributed by atoms with Gasteiger partial charge in [-0.25, -0.2) is 4.39 Å².